The molecule has 0 aromatic rings. The Balaban J connectivity index is 3.82. The SMILES string of the molecule is C=C(C)C(=O)N(C)OCC. The van der Waals surface area contributed by atoms with Gasteiger partial charge in [-0.2, -0.15) is 0 Å². The fraction of sp³-hybridized carbons (Fsp3) is 0.571. The maximum atomic E-state index is 10.9. The predicted molar refractivity (Wildman–Crippen MR) is 39.2 cm³/mol. The van der Waals surface area contributed by atoms with Gasteiger partial charge >= 0.3 is 0 Å². The van der Waals surface area contributed by atoms with E-state index in [1.54, 1.807) is 14.0 Å². The first kappa shape index (κ1) is 9.17. The van der Waals surface area contributed by atoms with Crippen LogP contribution in [0.3, 0.4) is 0 Å². The van der Waals surface area contributed by atoms with Crippen LogP contribution < -0.4 is 0 Å². The third-order valence-corrected chi connectivity index (χ3v) is 0.974. The van der Waals surface area contributed by atoms with Gasteiger partial charge in [0.1, 0.15) is 0 Å². The van der Waals surface area contributed by atoms with Gasteiger partial charge in [0.25, 0.3) is 5.91 Å². The van der Waals surface area contributed by atoms with E-state index in [4.69, 9.17) is 4.84 Å². The lowest BCUT2D eigenvalue weighted by Gasteiger charge is -2.14. The first-order valence-corrected chi connectivity index (χ1v) is 3.16. The van der Waals surface area contributed by atoms with Crippen LogP contribution in [-0.4, -0.2) is 24.6 Å². The maximum Gasteiger partial charge on any atom is 0.272 e. The number of hydrogen-bond donors (Lipinski definition) is 0. The lowest BCUT2D eigenvalue weighted by atomic mass is 10.3. The van der Waals surface area contributed by atoms with Gasteiger partial charge in [-0.1, -0.05) is 6.58 Å². The van der Waals surface area contributed by atoms with Gasteiger partial charge in [0, 0.05) is 12.6 Å². The second-order valence-corrected chi connectivity index (χ2v) is 2.00. The van der Waals surface area contributed by atoms with E-state index in [0.29, 0.717) is 12.2 Å². The Kier molecular flexibility index (Phi) is 3.72. The molecule has 0 aliphatic carbocycles. The molecule has 0 fully saturated rings. The molecule has 3 heteroatoms. The highest BCUT2D eigenvalue weighted by Gasteiger charge is 2.07. The highest BCUT2D eigenvalue weighted by molar-refractivity contribution is 5.91. The van der Waals surface area contributed by atoms with Crippen LogP contribution in [0.15, 0.2) is 12.2 Å². The van der Waals surface area contributed by atoms with Crippen LogP contribution in [-0.2, 0) is 9.63 Å². The third-order valence-electron chi connectivity index (χ3n) is 0.974. The van der Waals surface area contributed by atoms with E-state index in [-0.39, 0.29) is 5.91 Å². The average molecular weight is 143 g/mol. The van der Waals surface area contributed by atoms with Crippen molar-refractivity contribution in [3.05, 3.63) is 12.2 Å². The van der Waals surface area contributed by atoms with Gasteiger partial charge in [0.2, 0.25) is 0 Å². The molecule has 1 amide bonds. The summed E-state index contributed by atoms with van der Waals surface area (Å²) >= 11 is 0. The van der Waals surface area contributed by atoms with Crippen molar-refractivity contribution in [1.82, 2.24) is 5.06 Å². The maximum absolute atomic E-state index is 10.9. The molecule has 0 unspecified atom stereocenters. The summed E-state index contributed by atoms with van der Waals surface area (Å²) in [7, 11) is 1.57. The molecule has 0 radical (unpaired) electrons. The monoisotopic (exact) mass is 143 g/mol. The summed E-state index contributed by atoms with van der Waals surface area (Å²) in [5.74, 6) is -0.179. The molecule has 0 heterocycles. The van der Waals surface area contributed by atoms with Crippen LogP contribution in [0.4, 0.5) is 0 Å². The molecule has 0 rings (SSSR count). The molecule has 0 aliphatic heterocycles. The van der Waals surface area contributed by atoms with Crippen LogP contribution in [0.5, 0.6) is 0 Å². The Labute approximate surface area is 61.2 Å². The van der Waals surface area contributed by atoms with E-state index in [0.717, 1.165) is 0 Å². The lowest BCUT2D eigenvalue weighted by molar-refractivity contribution is -0.171. The van der Waals surface area contributed by atoms with Gasteiger partial charge < -0.3 is 0 Å². The second-order valence-electron chi connectivity index (χ2n) is 2.00. The minimum Gasteiger partial charge on any atom is -0.271 e. The van der Waals surface area contributed by atoms with Gasteiger partial charge in [-0.15, -0.1) is 0 Å². The second kappa shape index (κ2) is 4.06. The number of carbonyl (C=O) groups excluding carboxylic acids is 1. The lowest BCUT2D eigenvalue weighted by Crippen LogP contribution is -2.27. The summed E-state index contributed by atoms with van der Waals surface area (Å²) in [6, 6.07) is 0. The molecule has 0 aromatic carbocycles. The van der Waals surface area contributed by atoms with Gasteiger partial charge in [-0.25, -0.2) is 5.06 Å². The average Bonchev–Trinajstić information content (AvgIpc) is 1.87. The molecule has 3 nitrogen and oxygen atoms in total. The molecule has 0 saturated heterocycles. The zero-order chi connectivity index (χ0) is 8.15. The Bertz CT molecular complexity index is 143. The molecule has 0 spiro atoms. The number of hydroxylamine groups is 2. The van der Waals surface area contributed by atoms with Gasteiger partial charge in [-0.05, 0) is 13.8 Å². The molecule has 58 valence electrons. The first-order valence-electron chi connectivity index (χ1n) is 3.16. The van der Waals surface area contributed by atoms with Crippen LogP contribution in [0, 0.1) is 0 Å². The Morgan fingerprint density at radius 3 is 2.50 bits per heavy atom. The Morgan fingerprint density at radius 2 is 2.20 bits per heavy atom. The van der Waals surface area contributed by atoms with Crippen molar-refractivity contribution in [1.29, 1.82) is 0 Å². The van der Waals surface area contributed by atoms with Crippen LogP contribution >= 0.6 is 0 Å². The number of rotatable bonds is 3. The fourth-order valence-electron chi connectivity index (χ4n) is 0.521. The summed E-state index contributed by atoms with van der Waals surface area (Å²) in [5.41, 5.74) is 0.482. The summed E-state index contributed by atoms with van der Waals surface area (Å²) in [5, 5.41) is 1.18. The molecular formula is C7H13NO2. The summed E-state index contributed by atoms with van der Waals surface area (Å²) in [6.07, 6.45) is 0. The molecule has 0 aliphatic rings. The van der Waals surface area contributed by atoms with Crippen molar-refractivity contribution in [3.63, 3.8) is 0 Å². The van der Waals surface area contributed by atoms with Crippen LogP contribution in [0.2, 0.25) is 0 Å². The predicted octanol–water partition coefficient (Wildman–Crippen LogP) is 0.972. The van der Waals surface area contributed by atoms with Crippen molar-refractivity contribution < 1.29 is 9.63 Å². The Morgan fingerprint density at radius 1 is 1.70 bits per heavy atom. The molecule has 0 saturated carbocycles. The molecule has 0 atom stereocenters. The molecular weight excluding hydrogens is 130 g/mol. The number of likely N-dealkylation sites (N-methyl/N-ethyl adjacent to an activating group) is 1. The summed E-state index contributed by atoms with van der Waals surface area (Å²) in [4.78, 5) is 15.8. The van der Waals surface area contributed by atoms with E-state index in [1.807, 2.05) is 6.92 Å². The number of amides is 1. The highest BCUT2D eigenvalue weighted by Crippen LogP contribution is 1.95. The quantitative estimate of drug-likeness (QED) is 0.435. The zero-order valence-corrected chi connectivity index (χ0v) is 6.68. The standard InChI is InChI=1S/C7H13NO2/c1-5-10-8(4)7(9)6(2)3/h2,5H2,1,3-4H3. The molecule has 0 bridgehead atoms. The third kappa shape index (κ3) is 2.64. The molecule has 0 aromatic heterocycles. The van der Waals surface area contributed by atoms with Crippen molar-refractivity contribution in [2.45, 2.75) is 13.8 Å². The van der Waals surface area contributed by atoms with Gasteiger partial charge in [0.15, 0.2) is 0 Å². The fourth-order valence-corrected chi connectivity index (χ4v) is 0.521. The van der Waals surface area contributed by atoms with E-state index in [2.05, 4.69) is 6.58 Å². The van der Waals surface area contributed by atoms with Crippen molar-refractivity contribution in [2.24, 2.45) is 0 Å². The Hall–Kier alpha value is -0.830. The number of nitrogens with zero attached hydrogens (tertiary/aromatic N) is 1. The van der Waals surface area contributed by atoms with E-state index in [9.17, 15) is 4.79 Å². The van der Waals surface area contributed by atoms with Gasteiger partial charge in [0.05, 0.1) is 6.61 Å². The summed E-state index contributed by atoms with van der Waals surface area (Å²) in [6.45, 7) is 7.46. The molecule has 10 heavy (non-hydrogen) atoms. The first-order chi connectivity index (χ1) is 4.59. The van der Waals surface area contributed by atoms with Crippen molar-refractivity contribution >= 4 is 5.91 Å². The van der Waals surface area contributed by atoms with E-state index < -0.39 is 0 Å². The van der Waals surface area contributed by atoms with E-state index in [1.165, 1.54) is 5.06 Å². The van der Waals surface area contributed by atoms with Crippen molar-refractivity contribution in [3.8, 4) is 0 Å². The van der Waals surface area contributed by atoms with Gasteiger partial charge in [-0.3, -0.25) is 9.63 Å². The van der Waals surface area contributed by atoms with Crippen LogP contribution in [0.25, 0.3) is 0 Å². The minimum atomic E-state index is -0.179. The number of carbonyl (C=O) groups is 1. The van der Waals surface area contributed by atoms with Crippen LogP contribution in [0.1, 0.15) is 13.8 Å². The van der Waals surface area contributed by atoms with E-state index >= 15 is 0 Å². The smallest absolute Gasteiger partial charge is 0.271 e. The largest absolute Gasteiger partial charge is 0.272 e. The normalized spacial score (nSPS) is 9.10. The topological polar surface area (TPSA) is 29.5 Å². The minimum absolute atomic E-state index is 0.179. The zero-order valence-electron chi connectivity index (χ0n) is 6.68. The molecule has 0 N–H and O–H groups in total. The highest BCUT2D eigenvalue weighted by atomic mass is 16.7. The number of hydrogen-bond acceptors (Lipinski definition) is 2. The van der Waals surface area contributed by atoms with Crippen molar-refractivity contribution in [2.75, 3.05) is 13.7 Å². The summed E-state index contributed by atoms with van der Waals surface area (Å²) < 4.78 is 0.